The average molecular weight is 268 g/mol. The molecular formula is C12H8N6O2. The molecule has 1 aromatic heterocycles. The van der Waals surface area contributed by atoms with Crippen LogP contribution in [0.4, 0.5) is 17.1 Å². The van der Waals surface area contributed by atoms with Crippen LogP contribution in [-0.2, 0) is 0 Å². The molecule has 0 fully saturated rings. The molecule has 0 radical (unpaired) electrons. The minimum Gasteiger partial charge on any atom is -0.258 e. The maximum atomic E-state index is 10.9. The lowest BCUT2D eigenvalue weighted by Gasteiger charge is -1.95. The van der Waals surface area contributed by atoms with Crippen LogP contribution in [0.2, 0.25) is 0 Å². The van der Waals surface area contributed by atoms with Crippen LogP contribution in [0, 0.1) is 10.1 Å². The molecular weight excluding hydrogens is 260 g/mol. The summed E-state index contributed by atoms with van der Waals surface area (Å²) in [6.45, 7) is 0. The second kappa shape index (κ2) is 4.84. The number of nitro benzene ring substituents is 1. The molecule has 8 nitrogen and oxygen atoms in total. The van der Waals surface area contributed by atoms with Gasteiger partial charge in [0.05, 0.1) is 10.6 Å². The Morgan fingerprint density at radius 2 is 1.75 bits per heavy atom. The topological polar surface area (TPSA) is 109 Å². The van der Waals surface area contributed by atoms with Crippen LogP contribution in [0.3, 0.4) is 0 Å². The summed E-state index contributed by atoms with van der Waals surface area (Å²) in [5.74, 6) is 0. The van der Waals surface area contributed by atoms with Crippen LogP contribution in [0.5, 0.6) is 0 Å². The normalized spacial score (nSPS) is 11.2. The maximum Gasteiger partial charge on any atom is 0.299 e. The third-order valence-electron chi connectivity index (χ3n) is 2.66. The number of nitrogens with one attached hydrogen (secondary N) is 1. The summed E-state index contributed by atoms with van der Waals surface area (Å²) >= 11 is 0. The first-order valence-electron chi connectivity index (χ1n) is 5.70. The summed E-state index contributed by atoms with van der Waals surface area (Å²) < 4.78 is 0. The van der Waals surface area contributed by atoms with Crippen molar-refractivity contribution in [1.29, 1.82) is 0 Å². The molecule has 0 spiro atoms. The number of nitrogens with zero attached hydrogens (tertiary/aromatic N) is 5. The highest BCUT2D eigenvalue weighted by Gasteiger charge is 2.17. The van der Waals surface area contributed by atoms with Crippen molar-refractivity contribution in [3.8, 4) is 0 Å². The van der Waals surface area contributed by atoms with Crippen molar-refractivity contribution in [3.05, 3.63) is 52.6 Å². The molecule has 0 bridgehead atoms. The molecule has 0 aliphatic rings. The van der Waals surface area contributed by atoms with Gasteiger partial charge in [0, 0.05) is 6.07 Å². The number of non-ortho nitro benzene ring substituents is 1. The molecule has 0 saturated carbocycles. The Labute approximate surface area is 112 Å². The van der Waals surface area contributed by atoms with E-state index in [1.165, 1.54) is 12.1 Å². The van der Waals surface area contributed by atoms with Gasteiger partial charge in [0.2, 0.25) is 0 Å². The lowest BCUT2D eigenvalue weighted by atomic mass is 10.2. The second-order valence-electron chi connectivity index (χ2n) is 3.92. The fourth-order valence-corrected chi connectivity index (χ4v) is 1.74. The summed E-state index contributed by atoms with van der Waals surface area (Å²) in [5.41, 5.74) is 1.47. The van der Waals surface area contributed by atoms with Gasteiger partial charge in [0.15, 0.2) is 5.52 Å². The molecule has 2 aromatic carbocycles. The Balaban J connectivity index is 2.05. The van der Waals surface area contributed by atoms with Gasteiger partial charge in [0.1, 0.15) is 11.2 Å². The summed E-state index contributed by atoms with van der Waals surface area (Å²) in [4.78, 5) is 10.4. The van der Waals surface area contributed by atoms with Crippen molar-refractivity contribution in [2.24, 2.45) is 10.2 Å². The number of aromatic amines is 1. The first-order chi connectivity index (χ1) is 9.75. The van der Waals surface area contributed by atoms with E-state index in [1.54, 1.807) is 12.1 Å². The molecule has 0 saturated heterocycles. The van der Waals surface area contributed by atoms with Crippen LogP contribution < -0.4 is 0 Å². The third-order valence-corrected chi connectivity index (χ3v) is 2.66. The molecule has 0 unspecified atom stereocenters. The van der Waals surface area contributed by atoms with Crippen molar-refractivity contribution in [1.82, 2.24) is 15.4 Å². The smallest absolute Gasteiger partial charge is 0.258 e. The minimum atomic E-state index is -0.511. The SMILES string of the molecule is O=[N+]([O-])c1ccc(N=Nc2ccccc2)c2n[nH]nc12. The molecule has 1 heterocycles. The monoisotopic (exact) mass is 268 g/mol. The second-order valence-corrected chi connectivity index (χ2v) is 3.92. The van der Waals surface area contributed by atoms with Crippen molar-refractivity contribution in [2.45, 2.75) is 0 Å². The van der Waals surface area contributed by atoms with Crippen LogP contribution >= 0.6 is 0 Å². The first-order valence-corrected chi connectivity index (χ1v) is 5.70. The average Bonchev–Trinajstić information content (AvgIpc) is 2.95. The highest BCUT2D eigenvalue weighted by atomic mass is 16.6. The fourth-order valence-electron chi connectivity index (χ4n) is 1.74. The Bertz CT molecular complexity index is 796. The molecule has 0 aliphatic carbocycles. The van der Waals surface area contributed by atoms with E-state index >= 15 is 0 Å². The van der Waals surface area contributed by atoms with Gasteiger partial charge in [-0.25, -0.2) is 0 Å². The molecule has 1 N–H and O–H groups in total. The van der Waals surface area contributed by atoms with Gasteiger partial charge in [-0.3, -0.25) is 10.1 Å². The van der Waals surface area contributed by atoms with Gasteiger partial charge in [0.25, 0.3) is 5.69 Å². The number of aromatic nitrogens is 3. The Kier molecular flexibility index (Phi) is 2.88. The van der Waals surface area contributed by atoms with E-state index in [2.05, 4.69) is 25.6 Å². The Hall–Kier alpha value is -3.16. The first kappa shape index (κ1) is 11.9. The number of hydrogen-bond donors (Lipinski definition) is 1. The number of nitro groups is 1. The summed E-state index contributed by atoms with van der Waals surface area (Å²) in [6, 6.07) is 12.0. The van der Waals surface area contributed by atoms with Gasteiger partial charge >= 0.3 is 0 Å². The van der Waals surface area contributed by atoms with E-state index in [0.717, 1.165) is 0 Å². The van der Waals surface area contributed by atoms with E-state index in [4.69, 9.17) is 0 Å². The highest BCUT2D eigenvalue weighted by molar-refractivity contribution is 5.92. The van der Waals surface area contributed by atoms with Gasteiger partial charge in [-0.15, -0.1) is 10.2 Å². The van der Waals surface area contributed by atoms with Crippen molar-refractivity contribution >= 4 is 28.1 Å². The van der Waals surface area contributed by atoms with Gasteiger partial charge in [-0.1, -0.05) is 18.2 Å². The van der Waals surface area contributed by atoms with Gasteiger partial charge in [-0.05, 0) is 18.2 Å². The van der Waals surface area contributed by atoms with Gasteiger partial charge < -0.3 is 0 Å². The van der Waals surface area contributed by atoms with Crippen LogP contribution in [0.15, 0.2) is 52.7 Å². The van der Waals surface area contributed by atoms with Crippen LogP contribution in [0.25, 0.3) is 11.0 Å². The number of benzene rings is 2. The van der Waals surface area contributed by atoms with Crippen molar-refractivity contribution in [3.63, 3.8) is 0 Å². The summed E-state index contributed by atoms with van der Waals surface area (Å²) in [7, 11) is 0. The van der Waals surface area contributed by atoms with E-state index in [9.17, 15) is 10.1 Å². The number of H-pyrrole nitrogens is 1. The zero-order chi connectivity index (χ0) is 13.9. The fraction of sp³-hybridized carbons (Fsp3) is 0. The highest BCUT2D eigenvalue weighted by Crippen LogP contribution is 2.30. The third kappa shape index (κ3) is 2.09. The molecule has 0 atom stereocenters. The molecule has 98 valence electrons. The predicted molar refractivity (Wildman–Crippen MR) is 71.2 cm³/mol. The molecule has 8 heteroatoms. The molecule has 0 amide bonds. The number of fused-ring (bicyclic) bond motifs is 1. The molecule has 0 aliphatic heterocycles. The van der Waals surface area contributed by atoms with E-state index in [1.807, 2.05) is 18.2 Å². The van der Waals surface area contributed by atoms with Crippen molar-refractivity contribution < 1.29 is 4.92 Å². The zero-order valence-electron chi connectivity index (χ0n) is 10.1. The Morgan fingerprint density at radius 1 is 1.00 bits per heavy atom. The summed E-state index contributed by atoms with van der Waals surface area (Å²) in [5, 5.41) is 29.0. The van der Waals surface area contributed by atoms with E-state index in [-0.39, 0.29) is 11.2 Å². The predicted octanol–water partition coefficient (Wildman–Crippen LogP) is 3.28. The van der Waals surface area contributed by atoms with Crippen LogP contribution in [-0.4, -0.2) is 20.3 Å². The number of hydrogen-bond acceptors (Lipinski definition) is 6. The lowest BCUT2D eigenvalue weighted by Crippen LogP contribution is -1.89. The van der Waals surface area contributed by atoms with Crippen molar-refractivity contribution in [2.75, 3.05) is 0 Å². The number of rotatable bonds is 3. The molecule has 3 rings (SSSR count). The quantitative estimate of drug-likeness (QED) is 0.446. The maximum absolute atomic E-state index is 10.9. The lowest BCUT2D eigenvalue weighted by molar-refractivity contribution is -0.383. The van der Waals surface area contributed by atoms with E-state index in [0.29, 0.717) is 16.9 Å². The number of azo groups is 1. The van der Waals surface area contributed by atoms with Crippen LogP contribution in [0.1, 0.15) is 0 Å². The molecule has 20 heavy (non-hydrogen) atoms. The van der Waals surface area contributed by atoms with Gasteiger partial charge in [-0.2, -0.15) is 15.4 Å². The summed E-state index contributed by atoms with van der Waals surface area (Å²) in [6.07, 6.45) is 0. The Morgan fingerprint density at radius 3 is 2.50 bits per heavy atom. The van der Waals surface area contributed by atoms with E-state index < -0.39 is 4.92 Å². The molecule has 3 aromatic rings. The standard InChI is InChI=1S/C12H8N6O2/c19-18(20)10-7-6-9(11-12(10)16-17-15-11)14-13-8-4-2-1-3-5-8/h1-7H,(H,15,16,17). The zero-order valence-corrected chi connectivity index (χ0v) is 10.1. The minimum absolute atomic E-state index is 0.118. The largest absolute Gasteiger partial charge is 0.299 e.